The van der Waals surface area contributed by atoms with Gasteiger partial charge in [-0.05, 0) is 45.2 Å². The van der Waals surface area contributed by atoms with Crippen molar-refractivity contribution in [2.75, 3.05) is 33.7 Å². The van der Waals surface area contributed by atoms with Gasteiger partial charge in [0, 0.05) is 19.0 Å². The summed E-state index contributed by atoms with van der Waals surface area (Å²) in [6, 6.07) is 0. The number of carbonyl (C=O) groups excluding carboxylic acids is 1. The first kappa shape index (κ1) is 13.3. The zero-order valence-electron chi connectivity index (χ0n) is 11.1. The third-order valence-corrected chi connectivity index (χ3v) is 3.84. The van der Waals surface area contributed by atoms with Gasteiger partial charge >= 0.3 is 5.97 Å². The lowest BCUT2D eigenvalue weighted by Gasteiger charge is -2.22. The molecule has 102 valence electrons. The molecule has 2 atom stereocenters. The molecule has 2 aliphatic carbocycles. The van der Waals surface area contributed by atoms with Crippen molar-refractivity contribution in [3.63, 3.8) is 0 Å². The maximum Gasteiger partial charge on any atom is 0.323 e. The summed E-state index contributed by atoms with van der Waals surface area (Å²) in [6.07, 6.45) is 3.48. The molecular formula is C13H22N2O3. The Balaban J connectivity index is 1.86. The summed E-state index contributed by atoms with van der Waals surface area (Å²) < 4.78 is 0. The highest BCUT2D eigenvalue weighted by atomic mass is 16.4. The first-order valence-electron chi connectivity index (χ1n) is 6.64. The van der Waals surface area contributed by atoms with Gasteiger partial charge in [0.15, 0.2) is 0 Å². The molecule has 0 aromatic carbocycles. The van der Waals surface area contributed by atoms with E-state index in [2.05, 4.69) is 0 Å². The Morgan fingerprint density at radius 1 is 1.22 bits per heavy atom. The number of aliphatic carboxylic acids is 1. The molecule has 5 nitrogen and oxygen atoms in total. The lowest BCUT2D eigenvalue weighted by molar-refractivity contribution is -0.145. The highest BCUT2D eigenvalue weighted by molar-refractivity contribution is 5.85. The van der Waals surface area contributed by atoms with Crippen LogP contribution in [-0.4, -0.2) is 60.5 Å². The Morgan fingerprint density at radius 3 is 2.39 bits per heavy atom. The van der Waals surface area contributed by atoms with Gasteiger partial charge in [0.25, 0.3) is 0 Å². The Labute approximate surface area is 108 Å². The van der Waals surface area contributed by atoms with E-state index in [0.29, 0.717) is 19.0 Å². The maximum absolute atomic E-state index is 12.2. The highest BCUT2D eigenvalue weighted by Gasteiger charge is 2.52. The molecule has 1 amide bonds. The van der Waals surface area contributed by atoms with Crippen LogP contribution in [0, 0.1) is 17.8 Å². The predicted molar refractivity (Wildman–Crippen MR) is 67.1 cm³/mol. The molecule has 0 aliphatic heterocycles. The van der Waals surface area contributed by atoms with E-state index in [1.807, 2.05) is 19.0 Å². The van der Waals surface area contributed by atoms with E-state index < -0.39 is 5.97 Å². The minimum Gasteiger partial charge on any atom is -0.480 e. The van der Waals surface area contributed by atoms with E-state index in [0.717, 1.165) is 12.3 Å². The Hall–Kier alpha value is -1.10. The molecule has 0 heterocycles. The van der Waals surface area contributed by atoms with Crippen molar-refractivity contribution in [3.05, 3.63) is 0 Å². The van der Waals surface area contributed by atoms with Crippen molar-refractivity contribution in [2.45, 2.75) is 19.3 Å². The number of rotatable bonds is 7. The van der Waals surface area contributed by atoms with E-state index in [4.69, 9.17) is 5.11 Å². The Morgan fingerprint density at radius 2 is 1.89 bits per heavy atom. The average Bonchev–Trinajstić information content (AvgIpc) is 3.14. The normalized spacial score (nSPS) is 26.2. The summed E-state index contributed by atoms with van der Waals surface area (Å²) in [4.78, 5) is 26.5. The summed E-state index contributed by atoms with van der Waals surface area (Å²) in [5, 5.41) is 8.88. The standard InChI is InChI=1S/C13H22N2O3/c1-14(2)5-6-15(8-12(16)17)13(18)11-7-10(11)9-3-4-9/h9-11H,3-8H2,1-2H3,(H,16,17)/t10-,11-/m0/s1. The number of carboxylic acids is 1. The SMILES string of the molecule is CN(C)CCN(CC(=O)O)C(=O)[C@H]1C[C@H]1C1CC1. The van der Waals surface area contributed by atoms with Crippen LogP contribution >= 0.6 is 0 Å². The molecule has 0 aromatic rings. The van der Waals surface area contributed by atoms with E-state index in [1.165, 1.54) is 17.7 Å². The second-order valence-electron chi connectivity index (χ2n) is 5.80. The van der Waals surface area contributed by atoms with Gasteiger partial charge in [-0.25, -0.2) is 0 Å². The van der Waals surface area contributed by atoms with Crippen LogP contribution < -0.4 is 0 Å². The predicted octanol–water partition coefficient (Wildman–Crippen LogP) is 0.507. The minimum atomic E-state index is -0.925. The molecule has 2 saturated carbocycles. The van der Waals surface area contributed by atoms with Crippen LogP contribution in [0.5, 0.6) is 0 Å². The average molecular weight is 254 g/mol. The molecule has 0 radical (unpaired) electrons. The Bertz CT molecular complexity index is 339. The topological polar surface area (TPSA) is 60.9 Å². The van der Waals surface area contributed by atoms with Gasteiger partial charge in [0.05, 0.1) is 0 Å². The van der Waals surface area contributed by atoms with E-state index >= 15 is 0 Å². The van der Waals surface area contributed by atoms with Crippen molar-refractivity contribution in [3.8, 4) is 0 Å². The fraction of sp³-hybridized carbons (Fsp3) is 0.846. The first-order chi connectivity index (χ1) is 8.49. The van der Waals surface area contributed by atoms with Gasteiger partial charge in [-0.2, -0.15) is 0 Å². The fourth-order valence-electron chi connectivity index (χ4n) is 2.53. The molecule has 0 saturated heterocycles. The van der Waals surface area contributed by atoms with Gasteiger partial charge in [0.1, 0.15) is 6.54 Å². The molecule has 2 aliphatic rings. The van der Waals surface area contributed by atoms with Crippen LogP contribution in [0.2, 0.25) is 0 Å². The number of carbonyl (C=O) groups is 2. The maximum atomic E-state index is 12.2. The van der Waals surface area contributed by atoms with Crippen molar-refractivity contribution in [1.82, 2.24) is 9.80 Å². The van der Waals surface area contributed by atoms with Crippen molar-refractivity contribution in [2.24, 2.45) is 17.8 Å². The van der Waals surface area contributed by atoms with E-state index in [1.54, 1.807) is 0 Å². The highest BCUT2D eigenvalue weighted by Crippen LogP contribution is 2.54. The molecule has 2 fully saturated rings. The van der Waals surface area contributed by atoms with Crippen LogP contribution in [0.3, 0.4) is 0 Å². The number of nitrogens with zero attached hydrogens (tertiary/aromatic N) is 2. The molecule has 1 N–H and O–H groups in total. The number of amides is 1. The minimum absolute atomic E-state index is 0.0520. The van der Waals surface area contributed by atoms with Gasteiger partial charge < -0.3 is 14.9 Å². The second-order valence-corrected chi connectivity index (χ2v) is 5.80. The summed E-state index contributed by atoms with van der Waals surface area (Å²) >= 11 is 0. The number of hydrogen-bond acceptors (Lipinski definition) is 3. The molecule has 5 heteroatoms. The van der Waals surface area contributed by atoms with Crippen molar-refractivity contribution >= 4 is 11.9 Å². The number of hydrogen-bond donors (Lipinski definition) is 1. The van der Waals surface area contributed by atoms with Crippen LogP contribution in [-0.2, 0) is 9.59 Å². The zero-order chi connectivity index (χ0) is 13.3. The second kappa shape index (κ2) is 5.26. The van der Waals surface area contributed by atoms with Gasteiger partial charge in [-0.15, -0.1) is 0 Å². The third-order valence-electron chi connectivity index (χ3n) is 3.84. The summed E-state index contributed by atoms with van der Waals surface area (Å²) in [5.74, 6) is 0.536. The summed E-state index contributed by atoms with van der Waals surface area (Å²) in [5.41, 5.74) is 0. The first-order valence-corrected chi connectivity index (χ1v) is 6.64. The molecule has 18 heavy (non-hydrogen) atoms. The zero-order valence-corrected chi connectivity index (χ0v) is 11.1. The van der Waals surface area contributed by atoms with Gasteiger partial charge in [-0.3, -0.25) is 9.59 Å². The lowest BCUT2D eigenvalue weighted by atomic mass is 10.2. The van der Waals surface area contributed by atoms with Crippen LogP contribution in [0.25, 0.3) is 0 Å². The third kappa shape index (κ3) is 3.45. The van der Waals surface area contributed by atoms with Gasteiger partial charge in [0.2, 0.25) is 5.91 Å². The molecule has 0 aromatic heterocycles. The van der Waals surface area contributed by atoms with Crippen LogP contribution in [0.4, 0.5) is 0 Å². The van der Waals surface area contributed by atoms with Crippen molar-refractivity contribution in [1.29, 1.82) is 0 Å². The smallest absolute Gasteiger partial charge is 0.323 e. The van der Waals surface area contributed by atoms with E-state index in [9.17, 15) is 9.59 Å². The molecule has 0 bridgehead atoms. The van der Waals surface area contributed by atoms with Crippen molar-refractivity contribution < 1.29 is 14.7 Å². The van der Waals surface area contributed by atoms with E-state index in [-0.39, 0.29) is 18.4 Å². The monoisotopic (exact) mass is 254 g/mol. The quantitative estimate of drug-likeness (QED) is 0.719. The van der Waals surface area contributed by atoms with Crippen LogP contribution in [0.1, 0.15) is 19.3 Å². The lowest BCUT2D eigenvalue weighted by Crippen LogP contribution is -2.41. The Kier molecular flexibility index (Phi) is 3.90. The molecule has 0 unspecified atom stereocenters. The fourth-order valence-corrected chi connectivity index (χ4v) is 2.53. The number of likely N-dealkylation sites (N-methyl/N-ethyl adjacent to an activating group) is 1. The number of carboxylic acid groups (broad SMARTS) is 1. The molecule has 2 rings (SSSR count). The van der Waals surface area contributed by atoms with Gasteiger partial charge in [-0.1, -0.05) is 0 Å². The largest absolute Gasteiger partial charge is 0.480 e. The van der Waals surface area contributed by atoms with Crippen LogP contribution in [0.15, 0.2) is 0 Å². The molecular weight excluding hydrogens is 232 g/mol. The molecule has 0 spiro atoms. The summed E-state index contributed by atoms with van der Waals surface area (Å²) in [7, 11) is 3.85. The summed E-state index contributed by atoms with van der Waals surface area (Å²) in [6.45, 7) is 1.05.